The van der Waals surface area contributed by atoms with Gasteiger partial charge in [0.15, 0.2) is 0 Å². The quantitative estimate of drug-likeness (QED) is 0.853. The summed E-state index contributed by atoms with van der Waals surface area (Å²) >= 11 is 0. The Kier molecular flexibility index (Phi) is 5.34. The molecule has 0 aliphatic carbocycles. The number of aryl methyl sites for hydroxylation is 1. The number of phenols is 1. The fourth-order valence-electron chi connectivity index (χ4n) is 1.41. The van der Waals surface area contributed by atoms with E-state index in [1.165, 1.54) is 6.07 Å². The second kappa shape index (κ2) is 6.54. The molecule has 2 unspecified atom stereocenters. The second-order valence-electron chi connectivity index (χ2n) is 4.36. The highest BCUT2D eigenvalue weighted by Crippen LogP contribution is 2.17. The number of hydrogen-bond donors (Lipinski definition) is 2. The van der Waals surface area contributed by atoms with E-state index >= 15 is 0 Å². The predicted octanol–water partition coefficient (Wildman–Crippen LogP) is 1.59. The molecule has 0 aliphatic heterocycles. The van der Waals surface area contributed by atoms with Crippen LogP contribution in [0.2, 0.25) is 0 Å². The first-order valence-corrected chi connectivity index (χ1v) is 7.44. The summed E-state index contributed by atoms with van der Waals surface area (Å²) in [6.07, 6.45) is 2.33. The lowest BCUT2D eigenvalue weighted by Crippen LogP contribution is -2.27. The number of aromatic hydroxyl groups is 1. The van der Waals surface area contributed by atoms with Crippen LogP contribution in [-0.4, -0.2) is 33.3 Å². The van der Waals surface area contributed by atoms with Crippen molar-refractivity contribution >= 4 is 16.7 Å². The SMILES string of the molecule is Cc1ccc(C(=O)NCCC(C)S(C)=O)cc1O. The van der Waals surface area contributed by atoms with Gasteiger partial charge in [0.1, 0.15) is 5.75 Å². The molecule has 1 rings (SSSR count). The highest BCUT2D eigenvalue weighted by atomic mass is 32.2. The van der Waals surface area contributed by atoms with Crippen LogP contribution in [0.4, 0.5) is 0 Å². The monoisotopic (exact) mass is 269 g/mol. The third kappa shape index (κ3) is 4.14. The molecule has 0 saturated carbocycles. The summed E-state index contributed by atoms with van der Waals surface area (Å²) in [5, 5.41) is 12.3. The molecule has 0 heterocycles. The van der Waals surface area contributed by atoms with Crippen LogP contribution in [0.15, 0.2) is 18.2 Å². The Balaban J connectivity index is 2.50. The minimum absolute atomic E-state index is 0.0664. The van der Waals surface area contributed by atoms with Gasteiger partial charge < -0.3 is 10.4 Å². The molecule has 1 aromatic rings. The molecular weight excluding hydrogens is 250 g/mol. The van der Waals surface area contributed by atoms with Crippen LogP contribution in [0.25, 0.3) is 0 Å². The molecule has 0 fully saturated rings. The fourth-order valence-corrected chi connectivity index (χ4v) is 1.86. The van der Waals surface area contributed by atoms with Crippen molar-refractivity contribution in [2.75, 3.05) is 12.8 Å². The van der Waals surface area contributed by atoms with Gasteiger partial charge in [-0.25, -0.2) is 0 Å². The smallest absolute Gasteiger partial charge is 0.251 e. The lowest BCUT2D eigenvalue weighted by Gasteiger charge is -2.09. The van der Waals surface area contributed by atoms with Gasteiger partial charge in [-0.1, -0.05) is 13.0 Å². The molecule has 18 heavy (non-hydrogen) atoms. The fraction of sp³-hybridized carbons (Fsp3) is 0.462. The van der Waals surface area contributed by atoms with Gasteiger partial charge in [-0.3, -0.25) is 9.00 Å². The van der Waals surface area contributed by atoms with Gasteiger partial charge >= 0.3 is 0 Å². The lowest BCUT2D eigenvalue weighted by atomic mass is 10.1. The molecule has 0 saturated heterocycles. The third-order valence-corrected chi connectivity index (χ3v) is 4.24. The van der Waals surface area contributed by atoms with Gasteiger partial charge in [0.05, 0.1) is 0 Å². The first-order valence-electron chi connectivity index (χ1n) is 5.82. The molecule has 1 amide bonds. The molecule has 2 N–H and O–H groups in total. The summed E-state index contributed by atoms with van der Waals surface area (Å²) in [4.78, 5) is 11.8. The molecule has 5 heteroatoms. The van der Waals surface area contributed by atoms with Crippen molar-refractivity contribution in [2.24, 2.45) is 0 Å². The van der Waals surface area contributed by atoms with Crippen molar-refractivity contribution < 1.29 is 14.1 Å². The summed E-state index contributed by atoms with van der Waals surface area (Å²) in [6.45, 7) is 4.14. The summed E-state index contributed by atoms with van der Waals surface area (Å²) in [7, 11) is -0.868. The number of rotatable bonds is 5. The van der Waals surface area contributed by atoms with Gasteiger partial charge in [-0.05, 0) is 31.0 Å². The van der Waals surface area contributed by atoms with Crippen LogP contribution in [0.1, 0.15) is 29.3 Å². The standard InChI is InChI=1S/C13H19NO3S/c1-9-4-5-11(8-12(9)15)13(16)14-7-6-10(2)18(3)17/h4-5,8,10,15H,6-7H2,1-3H3,(H,14,16). The molecule has 0 aliphatic rings. The zero-order valence-electron chi connectivity index (χ0n) is 10.9. The van der Waals surface area contributed by atoms with Crippen molar-refractivity contribution in [2.45, 2.75) is 25.5 Å². The average molecular weight is 269 g/mol. The van der Waals surface area contributed by atoms with Crippen LogP contribution < -0.4 is 5.32 Å². The first kappa shape index (κ1) is 14.7. The van der Waals surface area contributed by atoms with Gasteiger partial charge in [0.2, 0.25) is 0 Å². The average Bonchev–Trinajstić information content (AvgIpc) is 2.32. The molecule has 4 nitrogen and oxygen atoms in total. The zero-order chi connectivity index (χ0) is 13.7. The Labute approximate surface area is 110 Å². The molecular formula is C13H19NO3S. The van der Waals surface area contributed by atoms with E-state index in [0.29, 0.717) is 18.5 Å². The molecule has 0 bridgehead atoms. The summed E-state index contributed by atoms with van der Waals surface area (Å²) < 4.78 is 11.1. The van der Waals surface area contributed by atoms with Crippen LogP contribution >= 0.6 is 0 Å². The minimum atomic E-state index is -0.868. The molecule has 1 aromatic carbocycles. The zero-order valence-corrected chi connectivity index (χ0v) is 11.7. The third-order valence-electron chi connectivity index (χ3n) is 2.87. The Morgan fingerprint density at radius 1 is 1.50 bits per heavy atom. The van der Waals surface area contributed by atoms with Gasteiger partial charge in [-0.2, -0.15) is 0 Å². The number of carbonyl (C=O) groups is 1. The van der Waals surface area contributed by atoms with E-state index in [-0.39, 0.29) is 16.9 Å². The van der Waals surface area contributed by atoms with E-state index in [9.17, 15) is 14.1 Å². The Morgan fingerprint density at radius 3 is 2.72 bits per heavy atom. The minimum Gasteiger partial charge on any atom is -0.508 e. The van der Waals surface area contributed by atoms with E-state index in [1.54, 1.807) is 25.3 Å². The van der Waals surface area contributed by atoms with Crippen LogP contribution in [0.3, 0.4) is 0 Å². The first-order chi connectivity index (χ1) is 8.41. The molecule has 0 spiro atoms. The Hall–Kier alpha value is -1.36. The molecule has 100 valence electrons. The van der Waals surface area contributed by atoms with Crippen molar-refractivity contribution in [1.29, 1.82) is 0 Å². The predicted molar refractivity (Wildman–Crippen MR) is 73.3 cm³/mol. The van der Waals surface area contributed by atoms with Crippen LogP contribution in [0.5, 0.6) is 5.75 Å². The maximum atomic E-state index is 11.8. The van der Waals surface area contributed by atoms with Gasteiger partial charge in [0.25, 0.3) is 5.91 Å². The van der Waals surface area contributed by atoms with Gasteiger partial charge in [-0.15, -0.1) is 0 Å². The molecule has 0 radical (unpaired) electrons. The number of nitrogens with one attached hydrogen (secondary N) is 1. The maximum Gasteiger partial charge on any atom is 0.251 e. The number of hydrogen-bond acceptors (Lipinski definition) is 3. The summed E-state index contributed by atoms with van der Waals surface area (Å²) in [5.41, 5.74) is 1.17. The topological polar surface area (TPSA) is 66.4 Å². The van der Waals surface area contributed by atoms with E-state index in [2.05, 4.69) is 5.32 Å². The van der Waals surface area contributed by atoms with E-state index < -0.39 is 10.8 Å². The molecule has 0 aromatic heterocycles. The van der Waals surface area contributed by atoms with Crippen molar-refractivity contribution in [3.8, 4) is 5.75 Å². The highest BCUT2D eigenvalue weighted by molar-refractivity contribution is 7.84. The Morgan fingerprint density at radius 2 is 2.17 bits per heavy atom. The molecule has 2 atom stereocenters. The van der Waals surface area contributed by atoms with E-state index in [1.807, 2.05) is 6.92 Å². The van der Waals surface area contributed by atoms with Crippen molar-refractivity contribution in [3.63, 3.8) is 0 Å². The number of carbonyl (C=O) groups excluding carboxylic acids is 1. The Bertz CT molecular complexity index is 460. The largest absolute Gasteiger partial charge is 0.508 e. The number of phenolic OH excluding ortho intramolecular Hbond substituents is 1. The van der Waals surface area contributed by atoms with E-state index in [4.69, 9.17) is 0 Å². The van der Waals surface area contributed by atoms with Crippen LogP contribution in [0, 0.1) is 6.92 Å². The van der Waals surface area contributed by atoms with Crippen molar-refractivity contribution in [3.05, 3.63) is 29.3 Å². The highest BCUT2D eigenvalue weighted by Gasteiger charge is 2.09. The number of amides is 1. The van der Waals surface area contributed by atoms with Crippen molar-refractivity contribution in [1.82, 2.24) is 5.32 Å². The second-order valence-corrected chi connectivity index (χ2v) is 6.16. The lowest BCUT2D eigenvalue weighted by molar-refractivity contribution is 0.0953. The summed E-state index contributed by atoms with van der Waals surface area (Å²) in [6, 6.07) is 4.83. The van der Waals surface area contributed by atoms with Gasteiger partial charge in [0, 0.05) is 34.4 Å². The summed E-state index contributed by atoms with van der Waals surface area (Å²) in [5.74, 6) is -0.106. The maximum absolute atomic E-state index is 11.8. The normalized spacial score (nSPS) is 13.9. The number of benzene rings is 1. The van der Waals surface area contributed by atoms with Crippen LogP contribution in [-0.2, 0) is 10.8 Å². The van der Waals surface area contributed by atoms with E-state index in [0.717, 1.165) is 5.56 Å².